The van der Waals surface area contributed by atoms with Crippen molar-refractivity contribution in [3.63, 3.8) is 0 Å². The number of nitrogens with zero attached hydrogens (tertiary/aromatic N) is 5. The summed E-state index contributed by atoms with van der Waals surface area (Å²) in [7, 11) is 0. The van der Waals surface area contributed by atoms with Crippen LogP contribution in [0, 0.1) is 0 Å². The molecule has 6 aromatic rings. The molecule has 0 aliphatic carbocycles. The minimum Gasteiger partial charge on any atom is -0.339 e. The molecule has 34 heavy (non-hydrogen) atoms. The molecule has 0 aliphatic rings. The number of halogens is 1. The molecule has 9 heteroatoms. The quantitative estimate of drug-likeness (QED) is 0.308. The van der Waals surface area contributed by atoms with Gasteiger partial charge in [-0.3, -0.25) is 9.36 Å². The van der Waals surface area contributed by atoms with E-state index in [4.69, 9.17) is 0 Å². The van der Waals surface area contributed by atoms with Crippen LogP contribution in [0.3, 0.4) is 0 Å². The van der Waals surface area contributed by atoms with Crippen molar-refractivity contribution in [1.29, 1.82) is 0 Å². The monoisotopic (exact) mass is 528 g/mol. The first-order valence-electron chi connectivity index (χ1n) is 10.5. The van der Waals surface area contributed by atoms with Gasteiger partial charge in [-0.1, -0.05) is 57.6 Å². The molecule has 0 saturated carbocycles. The summed E-state index contributed by atoms with van der Waals surface area (Å²) in [4.78, 5) is 21.6. The Hall–Kier alpha value is -3.82. The number of fused-ring (bicyclic) bond motifs is 2. The minimum absolute atomic E-state index is 0.0145. The third kappa shape index (κ3) is 3.78. The molecule has 0 unspecified atom stereocenters. The van der Waals surface area contributed by atoms with E-state index in [-0.39, 0.29) is 4.87 Å². The third-order valence-electron chi connectivity index (χ3n) is 5.53. The Bertz CT molecular complexity index is 1710. The van der Waals surface area contributed by atoms with E-state index in [0.717, 1.165) is 42.7 Å². The number of hydrogen-bond acceptors (Lipinski definition) is 6. The molecule has 7 nitrogen and oxygen atoms in total. The number of rotatable bonds is 5. The van der Waals surface area contributed by atoms with Gasteiger partial charge in [0.2, 0.25) is 0 Å². The summed E-state index contributed by atoms with van der Waals surface area (Å²) in [6.07, 6.45) is 3.28. The molecule has 1 N–H and O–H groups in total. The lowest BCUT2D eigenvalue weighted by atomic mass is 10.2. The summed E-state index contributed by atoms with van der Waals surface area (Å²) in [6, 6.07) is 23.8. The second-order valence-electron chi connectivity index (χ2n) is 7.74. The standard InChI is InChI=1S/C25H17BrN6OS/c26-17-6-4-5-16(11-17)14-31-21-10-9-18(12-22(21)34-25(31)33)30-23-20-13-29-32(24(20)28-15-27-23)19-7-2-1-3-8-19/h1-13,15H,14H2,(H,27,28,30). The van der Waals surface area contributed by atoms with Crippen molar-refractivity contribution in [1.82, 2.24) is 24.3 Å². The largest absolute Gasteiger partial charge is 0.339 e. The molecule has 0 atom stereocenters. The van der Waals surface area contributed by atoms with E-state index < -0.39 is 0 Å². The number of benzene rings is 3. The predicted molar refractivity (Wildman–Crippen MR) is 139 cm³/mol. The Morgan fingerprint density at radius 2 is 1.85 bits per heavy atom. The van der Waals surface area contributed by atoms with Gasteiger partial charge in [0.25, 0.3) is 0 Å². The van der Waals surface area contributed by atoms with Gasteiger partial charge in [-0.2, -0.15) is 5.10 Å². The van der Waals surface area contributed by atoms with Crippen molar-refractivity contribution in [2.45, 2.75) is 6.54 Å². The van der Waals surface area contributed by atoms with Gasteiger partial charge in [0, 0.05) is 10.2 Å². The fourth-order valence-corrected chi connectivity index (χ4v) is 5.33. The Labute approximate surface area is 206 Å². The molecule has 0 bridgehead atoms. The average molecular weight is 529 g/mol. The summed E-state index contributed by atoms with van der Waals surface area (Å²) >= 11 is 4.74. The average Bonchev–Trinajstić information content (AvgIpc) is 3.41. The maximum Gasteiger partial charge on any atom is 0.308 e. The zero-order valence-corrected chi connectivity index (χ0v) is 20.1. The summed E-state index contributed by atoms with van der Waals surface area (Å²) in [5.41, 5.74) is 4.47. The van der Waals surface area contributed by atoms with E-state index in [1.807, 2.05) is 72.8 Å². The summed E-state index contributed by atoms with van der Waals surface area (Å²) in [6.45, 7) is 0.524. The van der Waals surface area contributed by atoms with Crippen LogP contribution in [0.25, 0.3) is 26.9 Å². The van der Waals surface area contributed by atoms with Crippen molar-refractivity contribution in [2.75, 3.05) is 5.32 Å². The molecule has 0 spiro atoms. The molecule has 3 aromatic carbocycles. The van der Waals surface area contributed by atoms with Gasteiger partial charge < -0.3 is 5.32 Å². The van der Waals surface area contributed by atoms with Crippen LogP contribution in [0.15, 0.2) is 94.6 Å². The van der Waals surface area contributed by atoms with E-state index >= 15 is 0 Å². The van der Waals surface area contributed by atoms with Crippen LogP contribution in [-0.2, 0) is 6.54 Å². The number of aromatic nitrogens is 5. The van der Waals surface area contributed by atoms with Gasteiger partial charge in [0.1, 0.15) is 12.1 Å². The summed E-state index contributed by atoms with van der Waals surface area (Å²) in [5.74, 6) is 0.660. The lowest BCUT2D eigenvalue weighted by Gasteiger charge is -2.08. The van der Waals surface area contributed by atoms with Crippen LogP contribution in [0.1, 0.15) is 5.56 Å². The Balaban J connectivity index is 1.34. The zero-order chi connectivity index (χ0) is 23.1. The zero-order valence-electron chi connectivity index (χ0n) is 17.7. The number of nitrogens with one attached hydrogen (secondary N) is 1. The van der Waals surface area contributed by atoms with E-state index in [9.17, 15) is 4.79 Å². The van der Waals surface area contributed by atoms with Gasteiger partial charge in [-0.05, 0) is 48.0 Å². The Morgan fingerprint density at radius 3 is 2.71 bits per heavy atom. The number of thiazole rings is 1. The Kier molecular flexibility index (Phi) is 5.20. The Morgan fingerprint density at radius 1 is 0.971 bits per heavy atom. The first kappa shape index (κ1) is 20.8. The fraction of sp³-hybridized carbons (Fsp3) is 0.0400. The van der Waals surface area contributed by atoms with E-state index in [2.05, 4.69) is 36.3 Å². The smallest absolute Gasteiger partial charge is 0.308 e. The highest BCUT2D eigenvalue weighted by atomic mass is 79.9. The lowest BCUT2D eigenvalue weighted by Crippen LogP contribution is -2.13. The van der Waals surface area contributed by atoms with Crippen molar-refractivity contribution < 1.29 is 0 Å². The highest BCUT2D eigenvalue weighted by molar-refractivity contribution is 9.10. The SMILES string of the molecule is O=c1sc2cc(Nc3ncnc4c3cnn4-c3ccccc3)ccc2n1Cc1cccc(Br)c1. The molecular weight excluding hydrogens is 512 g/mol. The van der Waals surface area contributed by atoms with Crippen LogP contribution in [0.4, 0.5) is 11.5 Å². The number of para-hydroxylation sites is 1. The van der Waals surface area contributed by atoms with Crippen LogP contribution in [0.5, 0.6) is 0 Å². The van der Waals surface area contributed by atoms with E-state index in [1.165, 1.54) is 17.7 Å². The van der Waals surface area contributed by atoms with Crippen LogP contribution in [0.2, 0.25) is 0 Å². The predicted octanol–water partition coefficient (Wildman–Crippen LogP) is 5.75. The highest BCUT2D eigenvalue weighted by Crippen LogP contribution is 2.28. The second kappa shape index (κ2) is 8.51. The highest BCUT2D eigenvalue weighted by Gasteiger charge is 2.13. The van der Waals surface area contributed by atoms with E-state index in [0.29, 0.717) is 12.4 Å². The van der Waals surface area contributed by atoms with Crippen molar-refractivity contribution in [2.24, 2.45) is 0 Å². The van der Waals surface area contributed by atoms with Crippen molar-refractivity contribution in [3.05, 3.63) is 105 Å². The van der Waals surface area contributed by atoms with Gasteiger partial charge in [0.15, 0.2) is 5.65 Å². The molecule has 6 rings (SSSR count). The molecule has 0 saturated heterocycles. The van der Waals surface area contributed by atoms with Gasteiger partial charge in [-0.25, -0.2) is 14.6 Å². The molecule has 0 radical (unpaired) electrons. The van der Waals surface area contributed by atoms with Crippen molar-refractivity contribution >= 4 is 60.0 Å². The maximum absolute atomic E-state index is 12.7. The fourth-order valence-electron chi connectivity index (χ4n) is 3.95. The number of hydrogen-bond donors (Lipinski definition) is 1. The van der Waals surface area contributed by atoms with E-state index in [1.54, 1.807) is 15.4 Å². The first-order chi connectivity index (χ1) is 16.7. The molecule has 0 amide bonds. The summed E-state index contributed by atoms with van der Waals surface area (Å²) < 4.78 is 5.50. The molecule has 166 valence electrons. The minimum atomic E-state index is 0.0145. The van der Waals surface area contributed by atoms with Crippen LogP contribution in [-0.4, -0.2) is 24.3 Å². The maximum atomic E-state index is 12.7. The lowest BCUT2D eigenvalue weighted by molar-refractivity contribution is 0.815. The second-order valence-corrected chi connectivity index (χ2v) is 9.65. The number of anilines is 2. The molecule has 3 heterocycles. The van der Waals surface area contributed by atoms with Crippen LogP contribution < -0.4 is 10.2 Å². The summed E-state index contributed by atoms with van der Waals surface area (Å²) in [5, 5.41) is 8.69. The third-order valence-corrected chi connectivity index (χ3v) is 6.96. The van der Waals surface area contributed by atoms with Gasteiger partial charge in [0.05, 0.1) is 34.0 Å². The van der Waals surface area contributed by atoms with Crippen LogP contribution >= 0.6 is 27.3 Å². The molecule has 3 aromatic heterocycles. The van der Waals surface area contributed by atoms with Crippen molar-refractivity contribution in [3.8, 4) is 5.69 Å². The topological polar surface area (TPSA) is 77.6 Å². The molecule has 0 aliphatic heterocycles. The molecule has 0 fully saturated rings. The first-order valence-corrected chi connectivity index (χ1v) is 12.2. The molecular formula is C25H17BrN6OS. The normalized spacial score (nSPS) is 11.3. The van der Waals surface area contributed by atoms with Gasteiger partial charge in [-0.15, -0.1) is 0 Å². The van der Waals surface area contributed by atoms with Gasteiger partial charge >= 0.3 is 4.87 Å².